The summed E-state index contributed by atoms with van der Waals surface area (Å²) < 4.78 is 0. The third kappa shape index (κ3) is 3.36. The molecule has 1 saturated carbocycles. The summed E-state index contributed by atoms with van der Waals surface area (Å²) in [5.74, 6) is 2.49. The van der Waals surface area contributed by atoms with E-state index < -0.39 is 0 Å². The summed E-state index contributed by atoms with van der Waals surface area (Å²) in [5.41, 5.74) is 2.77. The number of aryl methyl sites for hydroxylation is 1. The molecule has 4 atom stereocenters. The molecule has 0 spiro atoms. The van der Waals surface area contributed by atoms with Gasteiger partial charge in [0.1, 0.15) is 0 Å². The average Bonchev–Trinajstić information content (AvgIpc) is 2.40. The van der Waals surface area contributed by atoms with Crippen LogP contribution < -0.4 is 5.32 Å². The Morgan fingerprint density at radius 1 is 1.32 bits per heavy atom. The minimum atomic E-state index is 0.480. The Morgan fingerprint density at radius 3 is 2.74 bits per heavy atom. The molecule has 4 unspecified atom stereocenters. The summed E-state index contributed by atoms with van der Waals surface area (Å²) in [6.07, 6.45) is 8.01. The van der Waals surface area contributed by atoms with Crippen LogP contribution in [-0.4, -0.2) is 11.5 Å². The Morgan fingerprint density at radius 2 is 2.11 bits per heavy atom. The Kier molecular flexibility index (Phi) is 4.98. The van der Waals surface area contributed by atoms with Gasteiger partial charge in [-0.25, -0.2) is 0 Å². The van der Waals surface area contributed by atoms with Crippen LogP contribution in [-0.2, 0) is 0 Å². The molecular weight excluding hydrogens is 232 g/mol. The van der Waals surface area contributed by atoms with Crippen LogP contribution in [0.5, 0.6) is 0 Å². The van der Waals surface area contributed by atoms with E-state index in [1.165, 1.54) is 30.4 Å². The van der Waals surface area contributed by atoms with Gasteiger partial charge in [-0.05, 0) is 61.3 Å². The van der Waals surface area contributed by atoms with Crippen molar-refractivity contribution in [3.05, 3.63) is 29.6 Å². The van der Waals surface area contributed by atoms with Gasteiger partial charge in [0.05, 0.1) is 0 Å². The number of nitrogens with zero attached hydrogens (tertiary/aromatic N) is 1. The normalized spacial score (nSPS) is 29.2. The van der Waals surface area contributed by atoms with Crippen molar-refractivity contribution in [1.29, 1.82) is 0 Å². The molecule has 1 fully saturated rings. The molecule has 0 saturated heterocycles. The van der Waals surface area contributed by atoms with Crippen LogP contribution in [0, 0.1) is 24.7 Å². The lowest BCUT2D eigenvalue weighted by molar-refractivity contribution is 0.171. The summed E-state index contributed by atoms with van der Waals surface area (Å²) in [6, 6.07) is 2.61. The lowest BCUT2D eigenvalue weighted by Crippen LogP contribution is -2.33. The monoisotopic (exact) mass is 260 g/mol. The second-order valence-electron chi connectivity index (χ2n) is 6.30. The van der Waals surface area contributed by atoms with E-state index in [0.717, 1.165) is 24.3 Å². The number of aromatic nitrogens is 1. The van der Waals surface area contributed by atoms with Crippen LogP contribution >= 0.6 is 0 Å². The van der Waals surface area contributed by atoms with E-state index in [-0.39, 0.29) is 0 Å². The van der Waals surface area contributed by atoms with E-state index in [1.807, 2.05) is 6.20 Å². The highest BCUT2D eigenvalue weighted by atomic mass is 14.9. The van der Waals surface area contributed by atoms with Gasteiger partial charge in [0.25, 0.3) is 0 Å². The molecule has 106 valence electrons. The van der Waals surface area contributed by atoms with E-state index >= 15 is 0 Å². The van der Waals surface area contributed by atoms with Crippen molar-refractivity contribution in [3.8, 4) is 0 Å². The third-order valence-electron chi connectivity index (χ3n) is 4.95. The zero-order valence-electron chi connectivity index (χ0n) is 12.8. The fraction of sp³-hybridized carbons (Fsp3) is 0.706. The molecule has 1 N–H and O–H groups in total. The Labute approximate surface area is 118 Å². The highest BCUT2D eigenvalue weighted by Crippen LogP contribution is 2.40. The number of pyridine rings is 1. The maximum Gasteiger partial charge on any atom is 0.0366 e. The molecular formula is C17H28N2. The molecule has 0 radical (unpaired) electrons. The van der Waals surface area contributed by atoms with E-state index in [2.05, 4.69) is 50.3 Å². The summed E-state index contributed by atoms with van der Waals surface area (Å²) in [7, 11) is 0. The van der Waals surface area contributed by atoms with Crippen molar-refractivity contribution in [2.24, 2.45) is 17.8 Å². The van der Waals surface area contributed by atoms with Crippen LogP contribution in [0.25, 0.3) is 0 Å². The average molecular weight is 260 g/mol. The van der Waals surface area contributed by atoms with E-state index in [9.17, 15) is 0 Å². The zero-order valence-corrected chi connectivity index (χ0v) is 12.8. The number of rotatable bonds is 4. The molecule has 0 aliphatic heterocycles. The minimum absolute atomic E-state index is 0.480. The van der Waals surface area contributed by atoms with Gasteiger partial charge in [-0.3, -0.25) is 4.98 Å². The molecule has 2 nitrogen and oxygen atoms in total. The number of hydrogen-bond acceptors (Lipinski definition) is 2. The molecule has 1 aliphatic rings. The standard InChI is InChI=1S/C17H28N2/c1-5-19-17(16-11-18-9-8-13(16)3)15-7-6-12(2)14(4)10-15/h8-9,11-12,14-15,17,19H,5-7,10H2,1-4H3. The second-order valence-corrected chi connectivity index (χ2v) is 6.30. The van der Waals surface area contributed by atoms with Gasteiger partial charge >= 0.3 is 0 Å². The summed E-state index contributed by atoms with van der Waals surface area (Å²) in [5, 5.41) is 3.70. The molecule has 0 amide bonds. The van der Waals surface area contributed by atoms with Crippen LogP contribution in [0.3, 0.4) is 0 Å². The first-order valence-corrected chi connectivity index (χ1v) is 7.77. The first kappa shape index (κ1) is 14.5. The molecule has 19 heavy (non-hydrogen) atoms. The van der Waals surface area contributed by atoms with Gasteiger partial charge in [0.2, 0.25) is 0 Å². The van der Waals surface area contributed by atoms with Gasteiger partial charge < -0.3 is 5.32 Å². The summed E-state index contributed by atoms with van der Waals surface area (Å²) in [6.45, 7) is 10.2. The Bertz CT molecular complexity index is 402. The molecule has 1 heterocycles. The first-order chi connectivity index (χ1) is 9.13. The van der Waals surface area contributed by atoms with Crippen molar-refractivity contribution in [1.82, 2.24) is 10.3 Å². The Hall–Kier alpha value is -0.890. The summed E-state index contributed by atoms with van der Waals surface area (Å²) >= 11 is 0. The lowest BCUT2D eigenvalue weighted by Gasteiger charge is -2.37. The van der Waals surface area contributed by atoms with Crippen molar-refractivity contribution in [2.45, 2.75) is 53.0 Å². The zero-order chi connectivity index (χ0) is 13.8. The van der Waals surface area contributed by atoms with Gasteiger partial charge in [-0.15, -0.1) is 0 Å². The van der Waals surface area contributed by atoms with Crippen molar-refractivity contribution < 1.29 is 0 Å². The van der Waals surface area contributed by atoms with Crippen molar-refractivity contribution in [2.75, 3.05) is 6.54 Å². The first-order valence-electron chi connectivity index (χ1n) is 7.77. The van der Waals surface area contributed by atoms with Crippen LogP contribution in [0.15, 0.2) is 18.5 Å². The molecule has 2 heteroatoms. The van der Waals surface area contributed by atoms with Gasteiger partial charge in [0.15, 0.2) is 0 Å². The summed E-state index contributed by atoms with van der Waals surface area (Å²) in [4.78, 5) is 4.34. The van der Waals surface area contributed by atoms with Crippen LogP contribution in [0.4, 0.5) is 0 Å². The molecule has 0 bridgehead atoms. The minimum Gasteiger partial charge on any atom is -0.310 e. The van der Waals surface area contributed by atoms with E-state index in [0.29, 0.717) is 6.04 Å². The maximum atomic E-state index is 4.34. The van der Waals surface area contributed by atoms with E-state index in [1.54, 1.807) is 0 Å². The smallest absolute Gasteiger partial charge is 0.0366 e. The quantitative estimate of drug-likeness (QED) is 0.881. The van der Waals surface area contributed by atoms with Crippen molar-refractivity contribution >= 4 is 0 Å². The van der Waals surface area contributed by atoms with Crippen LogP contribution in [0.2, 0.25) is 0 Å². The Balaban J connectivity index is 2.19. The molecule has 1 aromatic heterocycles. The molecule has 1 aromatic rings. The lowest BCUT2D eigenvalue weighted by atomic mass is 9.72. The number of hydrogen-bond donors (Lipinski definition) is 1. The predicted octanol–water partition coefficient (Wildman–Crippen LogP) is 4.11. The highest BCUT2D eigenvalue weighted by Gasteiger charge is 2.31. The van der Waals surface area contributed by atoms with Gasteiger partial charge in [0, 0.05) is 18.4 Å². The number of nitrogens with one attached hydrogen (secondary N) is 1. The topological polar surface area (TPSA) is 24.9 Å². The third-order valence-corrected chi connectivity index (χ3v) is 4.95. The molecule has 2 rings (SSSR count). The van der Waals surface area contributed by atoms with Crippen molar-refractivity contribution in [3.63, 3.8) is 0 Å². The SMILES string of the molecule is CCNC(c1cnccc1C)C1CCC(C)C(C)C1. The van der Waals surface area contributed by atoms with Gasteiger partial charge in [-0.2, -0.15) is 0 Å². The molecule has 1 aliphatic carbocycles. The predicted molar refractivity (Wildman–Crippen MR) is 81.1 cm³/mol. The highest BCUT2D eigenvalue weighted by molar-refractivity contribution is 5.26. The second kappa shape index (κ2) is 6.51. The maximum absolute atomic E-state index is 4.34. The van der Waals surface area contributed by atoms with E-state index in [4.69, 9.17) is 0 Å². The van der Waals surface area contributed by atoms with Gasteiger partial charge in [-0.1, -0.05) is 27.2 Å². The van der Waals surface area contributed by atoms with Crippen LogP contribution in [0.1, 0.15) is 57.2 Å². The largest absolute Gasteiger partial charge is 0.310 e. The molecule has 0 aromatic carbocycles. The fourth-order valence-electron chi connectivity index (χ4n) is 3.44. The fourth-order valence-corrected chi connectivity index (χ4v) is 3.44.